The number of fused-ring (bicyclic) bond motifs is 2. The number of hydrogen-bond donors (Lipinski definition) is 0. The van der Waals surface area contributed by atoms with E-state index >= 15 is 0 Å². The molecule has 4 heterocycles. The van der Waals surface area contributed by atoms with Crippen LogP contribution in [0.15, 0.2) is 48.5 Å². The topological polar surface area (TPSA) is 60.0 Å². The van der Waals surface area contributed by atoms with Gasteiger partial charge in [-0.1, -0.05) is 72.9 Å². The second-order valence-corrected chi connectivity index (χ2v) is 14.4. The molecule has 2 aliphatic carbocycles. The lowest BCUT2D eigenvalue weighted by molar-refractivity contribution is -0.0514. The number of nitrogens with zero attached hydrogens (tertiary/aromatic N) is 4. The average molecular weight is 686 g/mol. The fourth-order valence-electron chi connectivity index (χ4n) is 8.35. The Kier molecular flexibility index (Phi) is 8.62. The van der Waals surface area contributed by atoms with E-state index in [1.54, 1.807) is 21.3 Å². The number of hydrogen-bond acceptors (Lipinski definition) is 7. The maximum absolute atomic E-state index is 7.25. The van der Waals surface area contributed by atoms with Crippen LogP contribution in [0.5, 0.6) is 11.8 Å². The highest BCUT2D eigenvalue weighted by Gasteiger charge is 2.40. The molecule has 0 saturated carbocycles. The van der Waals surface area contributed by atoms with Crippen LogP contribution in [0.3, 0.4) is 0 Å². The molecule has 2 atom stereocenters. The van der Waals surface area contributed by atoms with E-state index in [1.165, 1.54) is 28.7 Å². The van der Waals surface area contributed by atoms with E-state index in [1.807, 2.05) is 36.4 Å². The summed E-state index contributed by atoms with van der Waals surface area (Å²) >= 11 is 14.5. The van der Waals surface area contributed by atoms with Crippen molar-refractivity contribution in [3.05, 3.63) is 80.8 Å². The minimum Gasteiger partial charge on any atom is -0.481 e. The summed E-state index contributed by atoms with van der Waals surface area (Å²) in [5, 5.41) is 1.22. The van der Waals surface area contributed by atoms with Gasteiger partial charge in [0.25, 0.3) is 0 Å². The summed E-state index contributed by atoms with van der Waals surface area (Å²) in [6.07, 6.45) is 5.66. The van der Waals surface area contributed by atoms with Crippen molar-refractivity contribution in [3.8, 4) is 45.4 Å². The van der Waals surface area contributed by atoms with Crippen LogP contribution >= 0.6 is 23.2 Å². The Bertz CT molecular complexity index is 1740. The van der Waals surface area contributed by atoms with Gasteiger partial charge in [-0.3, -0.25) is 9.80 Å². The number of halogens is 2. The number of ether oxygens (including phenoxy) is 3. The summed E-state index contributed by atoms with van der Waals surface area (Å²) in [5.41, 5.74) is 10.0. The molecule has 0 spiro atoms. The van der Waals surface area contributed by atoms with Crippen molar-refractivity contribution in [2.75, 3.05) is 47.5 Å². The van der Waals surface area contributed by atoms with E-state index < -0.39 is 0 Å². The summed E-state index contributed by atoms with van der Waals surface area (Å²) in [6, 6.07) is 17.2. The monoisotopic (exact) mass is 684 g/mol. The van der Waals surface area contributed by atoms with Gasteiger partial charge in [0.05, 0.1) is 41.8 Å². The van der Waals surface area contributed by atoms with Crippen molar-refractivity contribution in [2.24, 2.45) is 5.92 Å². The summed E-state index contributed by atoms with van der Waals surface area (Å²) in [4.78, 5) is 15.1. The lowest BCUT2D eigenvalue weighted by Crippen LogP contribution is -2.52. The molecule has 0 bridgehead atoms. The Morgan fingerprint density at radius 1 is 0.688 bits per heavy atom. The number of likely N-dealkylation sites (tertiary alicyclic amines) is 2. The molecule has 2 aliphatic heterocycles. The summed E-state index contributed by atoms with van der Waals surface area (Å²) in [7, 11) is 5.21. The largest absolute Gasteiger partial charge is 0.481 e. The molecule has 2 fully saturated rings. The van der Waals surface area contributed by atoms with Crippen LogP contribution in [-0.4, -0.2) is 73.4 Å². The second kappa shape index (κ2) is 12.9. The number of pyridine rings is 2. The van der Waals surface area contributed by atoms with Gasteiger partial charge in [-0.15, -0.1) is 0 Å². The first-order valence-electron chi connectivity index (χ1n) is 17.2. The Hall–Kier alpha value is -3.20. The third kappa shape index (κ3) is 5.30. The normalized spacial score (nSPS) is 21.1. The van der Waals surface area contributed by atoms with Crippen LogP contribution in [0.25, 0.3) is 33.6 Å². The van der Waals surface area contributed by atoms with E-state index in [2.05, 4.69) is 28.9 Å². The molecule has 0 amide bonds. The maximum atomic E-state index is 7.25. The zero-order chi connectivity index (χ0) is 33.1. The smallest absolute Gasteiger partial charge is 0.218 e. The van der Waals surface area contributed by atoms with Gasteiger partial charge in [0, 0.05) is 78.8 Å². The molecular weight excluding hydrogens is 643 g/mol. The molecule has 48 heavy (non-hydrogen) atoms. The molecule has 9 heteroatoms. The average Bonchev–Trinajstić information content (AvgIpc) is 3.68. The van der Waals surface area contributed by atoms with Gasteiger partial charge >= 0.3 is 0 Å². The predicted octanol–water partition coefficient (Wildman–Crippen LogP) is 8.45. The molecule has 0 unspecified atom stereocenters. The van der Waals surface area contributed by atoms with E-state index in [0.717, 1.165) is 91.4 Å². The predicted molar refractivity (Wildman–Crippen MR) is 191 cm³/mol. The van der Waals surface area contributed by atoms with Gasteiger partial charge < -0.3 is 14.2 Å². The van der Waals surface area contributed by atoms with Crippen molar-refractivity contribution in [1.29, 1.82) is 0 Å². The highest BCUT2D eigenvalue weighted by molar-refractivity contribution is 6.39. The molecule has 0 N–H and O–H groups in total. The van der Waals surface area contributed by atoms with Gasteiger partial charge in [0.1, 0.15) is 0 Å². The Labute approximate surface area is 293 Å². The molecule has 7 nitrogen and oxygen atoms in total. The van der Waals surface area contributed by atoms with Crippen LogP contribution in [-0.2, 0) is 17.6 Å². The van der Waals surface area contributed by atoms with Gasteiger partial charge in [-0.2, -0.15) is 0 Å². The van der Waals surface area contributed by atoms with E-state index in [4.69, 9.17) is 47.4 Å². The van der Waals surface area contributed by atoms with Gasteiger partial charge in [-0.05, 0) is 54.9 Å². The summed E-state index contributed by atoms with van der Waals surface area (Å²) in [6.45, 7) is 6.46. The second-order valence-electron chi connectivity index (χ2n) is 13.7. The van der Waals surface area contributed by atoms with E-state index in [9.17, 15) is 0 Å². The first-order valence-corrected chi connectivity index (χ1v) is 17.9. The number of aryl methyl sites for hydroxylation is 2. The van der Waals surface area contributed by atoms with E-state index in [-0.39, 0.29) is 0 Å². The zero-order valence-electron chi connectivity index (χ0n) is 28.1. The van der Waals surface area contributed by atoms with Crippen LogP contribution in [0.4, 0.5) is 0 Å². The molecule has 2 aromatic carbocycles. The van der Waals surface area contributed by atoms with Crippen molar-refractivity contribution in [3.63, 3.8) is 0 Å². The molecule has 2 aromatic heterocycles. The maximum Gasteiger partial charge on any atom is 0.218 e. The number of aromatic nitrogens is 2. The van der Waals surface area contributed by atoms with Gasteiger partial charge in [-0.25, -0.2) is 9.97 Å². The van der Waals surface area contributed by atoms with Gasteiger partial charge in [0.2, 0.25) is 11.8 Å². The van der Waals surface area contributed by atoms with Crippen molar-refractivity contribution in [2.45, 2.75) is 57.2 Å². The van der Waals surface area contributed by atoms with Crippen LogP contribution in [0.1, 0.15) is 60.5 Å². The lowest BCUT2D eigenvalue weighted by Gasteiger charge is -2.43. The van der Waals surface area contributed by atoms with Crippen LogP contribution in [0.2, 0.25) is 10.0 Å². The first kappa shape index (κ1) is 32.0. The van der Waals surface area contributed by atoms with E-state index in [0.29, 0.717) is 40.0 Å². The molecule has 0 radical (unpaired) electrons. The zero-order valence-corrected chi connectivity index (χ0v) is 29.6. The Morgan fingerprint density at radius 3 is 1.58 bits per heavy atom. The SMILES string of the molecule is CCC1CN([C@@H]2CCc3cc(-c4cccc(-c5cccc(-c6cc7c(c(OC)n6)[C@@H](N6CC(OC)C6)CC7)c5Cl)c4Cl)nc(OC)c32)C1. The van der Waals surface area contributed by atoms with Crippen molar-refractivity contribution < 1.29 is 14.2 Å². The molecule has 4 aliphatic rings. The third-order valence-corrected chi connectivity index (χ3v) is 12.0. The number of benzene rings is 2. The highest BCUT2D eigenvalue weighted by atomic mass is 35.5. The molecule has 4 aromatic rings. The van der Waals surface area contributed by atoms with Crippen molar-refractivity contribution in [1.82, 2.24) is 19.8 Å². The molecular formula is C39H42Cl2N4O3. The molecule has 2 saturated heterocycles. The minimum atomic E-state index is 0.299. The van der Waals surface area contributed by atoms with Crippen molar-refractivity contribution >= 4 is 23.2 Å². The Morgan fingerprint density at radius 2 is 1.15 bits per heavy atom. The standard InChI is InChI=1S/C39H42Cl2N4O3/c1-5-22-18-44(19-22)32-14-12-23-16-30(42-38(47-3)34(23)32)28-10-6-8-26(36(28)40)27-9-7-11-29(37(27)41)31-17-24-13-15-33(35(24)39(43-31)48-4)45-20-25(21-45)46-2/h6-11,16-17,22,25,32-33H,5,12-15,18-21H2,1-4H3/t32-,33+/m1/s1. The van der Waals surface area contributed by atoms with Crippen LogP contribution < -0.4 is 9.47 Å². The fourth-order valence-corrected chi connectivity index (χ4v) is 9.00. The lowest BCUT2D eigenvalue weighted by atomic mass is 9.93. The third-order valence-electron chi connectivity index (χ3n) is 11.1. The summed E-state index contributed by atoms with van der Waals surface area (Å²) in [5.74, 6) is 2.18. The number of methoxy groups -OCH3 is 3. The first-order chi connectivity index (χ1) is 23.4. The van der Waals surface area contributed by atoms with Gasteiger partial charge in [0.15, 0.2) is 0 Å². The molecule has 8 rings (SSSR count). The minimum absolute atomic E-state index is 0.299. The number of rotatable bonds is 9. The fraction of sp³-hybridized carbons (Fsp3) is 0.436. The highest BCUT2D eigenvalue weighted by Crippen LogP contribution is 2.48. The quantitative estimate of drug-likeness (QED) is 0.175. The molecule has 250 valence electrons. The Balaban J connectivity index is 1.12. The summed E-state index contributed by atoms with van der Waals surface area (Å²) < 4.78 is 17.3. The van der Waals surface area contributed by atoms with Crippen LogP contribution in [0, 0.1) is 5.92 Å².